The average Bonchev–Trinajstić information content (AvgIpc) is 3.08. The minimum atomic E-state index is -4.05. The molecule has 0 aliphatic carbocycles. The number of carbonyl (C=O) groups is 2. The summed E-state index contributed by atoms with van der Waals surface area (Å²) in [6.07, 6.45) is 0. The fourth-order valence-corrected chi connectivity index (χ4v) is 5.38. The molecule has 0 bridgehead atoms. The number of sulfonamides is 1. The van der Waals surface area contributed by atoms with E-state index in [0.29, 0.717) is 0 Å². The van der Waals surface area contributed by atoms with Crippen molar-refractivity contribution in [2.75, 3.05) is 39.9 Å². The molecule has 0 radical (unpaired) electrons. The van der Waals surface area contributed by atoms with Gasteiger partial charge >= 0.3 is 5.97 Å². The van der Waals surface area contributed by atoms with Crippen molar-refractivity contribution in [2.45, 2.75) is 18.7 Å². The Labute approximate surface area is 189 Å². The Morgan fingerprint density at radius 3 is 2.41 bits per heavy atom. The number of piperazine rings is 1. The van der Waals surface area contributed by atoms with E-state index in [1.807, 2.05) is 0 Å². The fraction of sp³-hybridized carbons (Fsp3) is 0.400. The van der Waals surface area contributed by atoms with Crippen molar-refractivity contribution in [3.63, 3.8) is 0 Å². The highest BCUT2D eigenvalue weighted by molar-refractivity contribution is 7.89. The molecule has 0 N–H and O–H groups in total. The normalized spacial score (nSPS) is 15.0. The zero-order chi connectivity index (χ0) is 23.6. The molecule has 2 aromatic rings. The number of esters is 1. The second-order valence-electron chi connectivity index (χ2n) is 7.06. The summed E-state index contributed by atoms with van der Waals surface area (Å²) in [6.45, 7) is 2.97. The molecule has 0 atom stereocenters. The number of halogens is 2. The molecule has 1 saturated heterocycles. The zero-order valence-electron chi connectivity index (χ0n) is 17.7. The molecule has 1 amide bonds. The van der Waals surface area contributed by atoms with Gasteiger partial charge in [-0.05, 0) is 26.0 Å². The molecule has 1 aliphatic rings. The first-order valence-corrected chi connectivity index (χ1v) is 11.4. The van der Waals surface area contributed by atoms with Gasteiger partial charge in [-0.2, -0.15) is 4.31 Å². The van der Waals surface area contributed by atoms with Crippen LogP contribution in [0.1, 0.15) is 21.9 Å². The Bertz CT molecular complexity index is 1140. The number of hydrogen-bond donors (Lipinski definition) is 0. The van der Waals surface area contributed by atoms with Crippen molar-refractivity contribution in [1.29, 1.82) is 0 Å². The number of methoxy groups -OCH3 is 1. The lowest BCUT2D eigenvalue weighted by Gasteiger charge is -2.34. The van der Waals surface area contributed by atoms with Gasteiger partial charge in [-0.3, -0.25) is 4.79 Å². The fourth-order valence-electron chi connectivity index (χ4n) is 3.42. The number of rotatable bonds is 6. The third-order valence-electron chi connectivity index (χ3n) is 5.04. The summed E-state index contributed by atoms with van der Waals surface area (Å²) < 4.78 is 56.2. The van der Waals surface area contributed by atoms with E-state index < -0.39 is 21.8 Å². The highest BCUT2D eigenvalue weighted by Crippen LogP contribution is 2.30. The van der Waals surface area contributed by atoms with E-state index in [4.69, 9.17) is 25.5 Å². The number of hydrogen-bond acceptors (Lipinski definition) is 7. The third-order valence-corrected chi connectivity index (χ3v) is 7.38. The maximum absolute atomic E-state index is 13.2. The minimum Gasteiger partial charge on any atom is -0.484 e. The molecule has 1 aliphatic heterocycles. The zero-order valence-corrected chi connectivity index (χ0v) is 19.3. The van der Waals surface area contributed by atoms with E-state index in [1.54, 1.807) is 0 Å². The molecule has 174 valence electrons. The Hall–Kier alpha value is -2.63. The molecule has 32 heavy (non-hydrogen) atoms. The molecular formula is C20H22ClFN2O7S. The highest BCUT2D eigenvalue weighted by Gasteiger charge is 2.37. The van der Waals surface area contributed by atoms with Crippen LogP contribution in [0.5, 0.6) is 5.75 Å². The maximum Gasteiger partial charge on any atom is 0.342 e. The van der Waals surface area contributed by atoms with Crippen molar-refractivity contribution in [3.8, 4) is 5.75 Å². The Balaban J connectivity index is 1.65. The van der Waals surface area contributed by atoms with Crippen molar-refractivity contribution in [1.82, 2.24) is 9.21 Å². The first kappa shape index (κ1) is 24.0. The summed E-state index contributed by atoms with van der Waals surface area (Å²) in [5.41, 5.74) is -0.130. The molecule has 9 nitrogen and oxygen atoms in total. The Morgan fingerprint density at radius 2 is 1.81 bits per heavy atom. The molecule has 1 aromatic carbocycles. The van der Waals surface area contributed by atoms with E-state index in [0.717, 1.165) is 13.2 Å². The third kappa shape index (κ3) is 4.74. The smallest absolute Gasteiger partial charge is 0.342 e. The second kappa shape index (κ2) is 9.47. The lowest BCUT2D eigenvalue weighted by atomic mass is 10.2. The number of benzene rings is 1. The van der Waals surface area contributed by atoms with Crippen LogP contribution >= 0.6 is 11.6 Å². The van der Waals surface area contributed by atoms with Crippen LogP contribution in [0.15, 0.2) is 27.5 Å². The van der Waals surface area contributed by atoms with Crippen molar-refractivity contribution in [3.05, 3.63) is 46.1 Å². The monoisotopic (exact) mass is 488 g/mol. The molecule has 1 aromatic heterocycles. The van der Waals surface area contributed by atoms with E-state index in [2.05, 4.69) is 0 Å². The van der Waals surface area contributed by atoms with Crippen molar-refractivity contribution < 1.29 is 36.3 Å². The molecule has 3 rings (SSSR count). The van der Waals surface area contributed by atoms with Crippen LogP contribution in [-0.2, 0) is 19.6 Å². The first-order chi connectivity index (χ1) is 15.1. The summed E-state index contributed by atoms with van der Waals surface area (Å²) in [6, 6.07) is 3.75. The molecule has 0 unspecified atom stereocenters. The molecule has 2 heterocycles. The van der Waals surface area contributed by atoms with Crippen LogP contribution in [0.3, 0.4) is 0 Å². The Kier molecular flexibility index (Phi) is 7.11. The second-order valence-corrected chi connectivity index (χ2v) is 9.34. The summed E-state index contributed by atoms with van der Waals surface area (Å²) in [5.74, 6) is -1.27. The minimum absolute atomic E-state index is 0.0285. The SMILES string of the molecule is COC(=O)c1c(C)oc(C)c1S(=O)(=O)N1CCN(C(=O)COc2ccc(F)c(Cl)c2)CC1. The number of aryl methyl sites for hydroxylation is 2. The van der Waals surface area contributed by atoms with E-state index in [1.165, 1.54) is 35.2 Å². The van der Waals surface area contributed by atoms with E-state index in [9.17, 15) is 22.4 Å². The molecule has 1 fully saturated rings. The Morgan fingerprint density at radius 1 is 1.16 bits per heavy atom. The van der Waals surface area contributed by atoms with Gasteiger partial charge in [-0.1, -0.05) is 11.6 Å². The summed E-state index contributed by atoms with van der Waals surface area (Å²) in [7, 11) is -2.89. The van der Waals surface area contributed by atoms with Crippen LogP contribution in [0, 0.1) is 19.7 Å². The van der Waals surface area contributed by atoms with E-state index >= 15 is 0 Å². The summed E-state index contributed by atoms with van der Waals surface area (Å²) in [5, 5.41) is -0.120. The number of nitrogens with zero attached hydrogens (tertiary/aromatic N) is 2. The van der Waals surface area contributed by atoms with Gasteiger partial charge in [0, 0.05) is 32.2 Å². The van der Waals surface area contributed by atoms with Gasteiger partial charge in [0.05, 0.1) is 12.1 Å². The van der Waals surface area contributed by atoms with Crippen molar-refractivity contribution >= 4 is 33.5 Å². The van der Waals surface area contributed by atoms with Gasteiger partial charge < -0.3 is 18.8 Å². The van der Waals surface area contributed by atoms with Gasteiger partial charge in [-0.25, -0.2) is 17.6 Å². The average molecular weight is 489 g/mol. The molecular weight excluding hydrogens is 467 g/mol. The van der Waals surface area contributed by atoms with Gasteiger partial charge in [0.15, 0.2) is 6.61 Å². The van der Waals surface area contributed by atoms with Crippen LogP contribution in [0.25, 0.3) is 0 Å². The van der Waals surface area contributed by atoms with Gasteiger partial charge in [0.2, 0.25) is 10.0 Å². The van der Waals surface area contributed by atoms with Crippen LogP contribution < -0.4 is 4.74 Å². The summed E-state index contributed by atoms with van der Waals surface area (Å²) >= 11 is 5.69. The quantitative estimate of drug-likeness (QED) is 0.574. The molecule has 12 heteroatoms. The van der Waals surface area contributed by atoms with Crippen LogP contribution in [-0.4, -0.2) is 69.4 Å². The number of amides is 1. The van der Waals surface area contributed by atoms with Crippen LogP contribution in [0.2, 0.25) is 5.02 Å². The largest absolute Gasteiger partial charge is 0.484 e. The van der Waals surface area contributed by atoms with Crippen LogP contribution in [0.4, 0.5) is 4.39 Å². The van der Waals surface area contributed by atoms with Crippen molar-refractivity contribution in [2.24, 2.45) is 0 Å². The maximum atomic E-state index is 13.2. The number of carbonyl (C=O) groups excluding carboxylic acids is 2. The van der Waals surface area contributed by atoms with Gasteiger partial charge in [0.25, 0.3) is 5.91 Å². The number of ether oxygens (including phenoxy) is 2. The number of furan rings is 1. The van der Waals surface area contributed by atoms with E-state index in [-0.39, 0.29) is 71.4 Å². The molecule has 0 saturated carbocycles. The predicted octanol–water partition coefficient (Wildman–Crippen LogP) is 2.39. The highest BCUT2D eigenvalue weighted by atomic mass is 35.5. The lowest BCUT2D eigenvalue weighted by Crippen LogP contribution is -2.51. The summed E-state index contributed by atoms with van der Waals surface area (Å²) in [4.78, 5) is 25.8. The first-order valence-electron chi connectivity index (χ1n) is 9.60. The predicted molar refractivity (Wildman–Crippen MR) is 112 cm³/mol. The van der Waals surface area contributed by atoms with Gasteiger partial charge in [-0.15, -0.1) is 0 Å². The standard InChI is InChI=1S/C20H22ClFN2O7S/c1-12-18(20(26)29-3)19(13(2)31-12)32(27,28)24-8-6-23(7-9-24)17(25)11-30-14-4-5-16(22)15(21)10-14/h4-5,10H,6-9,11H2,1-3H3. The topological polar surface area (TPSA) is 106 Å². The van der Waals surface area contributed by atoms with Gasteiger partial charge in [0.1, 0.15) is 33.5 Å². The lowest BCUT2D eigenvalue weighted by molar-refractivity contribution is -0.134. The molecule has 0 spiro atoms.